The van der Waals surface area contributed by atoms with Crippen LogP contribution in [0.3, 0.4) is 0 Å². The van der Waals surface area contributed by atoms with Crippen molar-refractivity contribution >= 4 is 39.1 Å². The molecule has 2 N–H and O–H groups in total. The number of aliphatic imine (C=N–C) groups is 1. The molecule has 4 heteroatoms. The molecule has 0 spiro atoms. The lowest BCUT2D eigenvalue weighted by atomic mass is 10.3. The third-order valence-corrected chi connectivity index (χ3v) is 2.95. The zero-order valence-electron chi connectivity index (χ0n) is 7.50. The molecule has 1 aromatic carbocycles. The molecule has 1 aromatic rings. The minimum atomic E-state index is 0.481. The Balaban J connectivity index is 2.27. The van der Waals surface area contributed by atoms with E-state index in [1.54, 1.807) is 0 Å². The normalized spacial score (nSPS) is 17.1. The van der Waals surface area contributed by atoms with Gasteiger partial charge >= 0.3 is 0 Å². The minimum absolute atomic E-state index is 0.481. The second-order valence-electron chi connectivity index (χ2n) is 3.41. The molecule has 1 aliphatic rings. The topological polar surface area (TPSA) is 38.4 Å². The standard InChI is InChI=1S/C10H10BrClN2/c11-7-3-4-9(8(12)5-7)14-10(13)6-1-2-6/h3-6H,1-2H2,(H2,13,14). The Labute approximate surface area is 96.3 Å². The first kappa shape index (κ1) is 9.99. The van der Waals surface area contributed by atoms with Crippen molar-refractivity contribution in [3.63, 3.8) is 0 Å². The molecule has 0 atom stereocenters. The highest BCUT2D eigenvalue weighted by Gasteiger charge is 2.25. The number of nitrogens with zero attached hydrogens (tertiary/aromatic N) is 1. The van der Waals surface area contributed by atoms with Crippen LogP contribution in [-0.4, -0.2) is 5.84 Å². The Morgan fingerprint density at radius 2 is 2.21 bits per heavy atom. The lowest BCUT2D eigenvalue weighted by Gasteiger charge is -2.01. The fourth-order valence-corrected chi connectivity index (χ4v) is 1.90. The summed E-state index contributed by atoms with van der Waals surface area (Å²) in [7, 11) is 0. The fourth-order valence-electron chi connectivity index (χ4n) is 1.18. The summed E-state index contributed by atoms with van der Waals surface area (Å²) >= 11 is 9.35. The van der Waals surface area contributed by atoms with Crippen LogP contribution in [0.2, 0.25) is 5.02 Å². The highest BCUT2D eigenvalue weighted by Crippen LogP contribution is 2.33. The first-order valence-corrected chi connectivity index (χ1v) is 5.63. The molecule has 0 saturated heterocycles. The number of benzene rings is 1. The molecule has 2 nitrogen and oxygen atoms in total. The molecule has 0 aromatic heterocycles. The molecule has 1 saturated carbocycles. The molecule has 0 unspecified atom stereocenters. The van der Waals surface area contributed by atoms with Crippen LogP contribution in [0.4, 0.5) is 5.69 Å². The molecular formula is C10H10BrClN2. The highest BCUT2D eigenvalue weighted by atomic mass is 79.9. The van der Waals surface area contributed by atoms with Crippen molar-refractivity contribution in [2.75, 3.05) is 0 Å². The number of hydrogen-bond donors (Lipinski definition) is 1. The fraction of sp³-hybridized carbons (Fsp3) is 0.300. The summed E-state index contributed by atoms with van der Waals surface area (Å²) in [6, 6.07) is 5.59. The van der Waals surface area contributed by atoms with Crippen molar-refractivity contribution in [1.82, 2.24) is 0 Å². The quantitative estimate of drug-likeness (QED) is 0.650. The molecule has 0 heterocycles. The molecule has 0 aliphatic heterocycles. The predicted molar refractivity (Wildman–Crippen MR) is 63.2 cm³/mol. The summed E-state index contributed by atoms with van der Waals surface area (Å²) in [5.74, 6) is 1.18. The van der Waals surface area contributed by atoms with E-state index in [-0.39, 0.29) is 0 Å². The summed E-state index contributed by atoms with van der Waals surface area (Å²) in [6.45, 7) is 0. The van der Waals surface area contributed by atoms with E-state index in [2.05, 4.69) is 20.9 Å². The van der Waals surface area contributed by atoms with Crippen LogP contribution in [0.5, 0.6) is 0 Å². The van der Waals surface area contributed by atoms with Gasteiger partial charge in [0.2, 0.25) is 0 Å². The molecule has 74 valence electrons. The van der Waals surface area contributed by atoms with E-state index in [9.17, 15) is 0 Å². The van der Waals surface area contributed by atoms with Crippen molar-refractivity contribution in [2.45, 2.75) is 12.8 Å². The van der Waals surface area contributed by atoms with Crippen LogP contribution in [0, 0.1) is 5.92 Å². The van der Waals surface area contributed by atoms with Crippen LogP contribution in [0.15, 0.2) is 27.7 Å². The lowest BCUT2D eigenvalue weighted by molar-refractivity contribution is 1.15. The highest BCUT2D eigenvalue weighted by molar-refractivity contribution is 9.10. The Morgan fingerprint density at radius 3 is 2.79 bits per heavy atom. The molecule has 2 rings (SSSR count). The Hall–Kier alpha value is -0.540. The predicted octanol–water partition coefficient (Wildman–Crippen LogP) is 3.50. The van der Waals surface area contributed by atoms with Gasteiger partial charge in [-0.25, -0.2) is 4.99 Å². The second-order valence-corrected chi connectivity index (χ2v) is 4.73. The van der Waals surface area contributed by atoms with Gasteiger partial charge in [0.25, 0.3) is 0 Å². The van der Waals surface area contributed by atoms with Crippen molar-refractivity contribution in [2.24, 2.45) is 16.6 Å². The van der Waals surface area contributed by atoms with Crippen LogP contribution in [-0.2, 0) is 0 Å². The van der Waals surface area contributed by atoms with Crippen LogP contribution in [0.25, 0.3) is 0 Å². The monoisotopic (exact) mass is 272 g/mol. The maximum atomic E-state index is 6.01. The summed E-state index contributed by atoms with van der Waals surface area (Å²) in [6.07, 6.45) is 2.31. The zero-order chi connectivity index (χ0) is 10.1. The molecule has 0 amide bonds. The van der Waals surface area contributed by atoms with E-state index < -0.39 is 0 Å². The Bertz CT molecular complexity index is 386. The van der Waals surface area contributed by atoms with Gasteiger partial charge in [-0.3, -0.25) is 0 Å². The van der Waals surface area contributed by atoms with E-state index >= 15 is 0 Å². The van der Waals surface area contributed by atoms with E-state index in [0.29, 0.717) is 16.8 Å². The Kier molecular flexibility index (Phi) is 2.79. The van der Waals surface area contributed by atoms with E-state index in [4.69, 9.17) is 17.3 Å². The zero-order valence-corrected chi connectivity index (χ0v) is 9.85. The van der Waals surface area contributed by atoms with Gasteiger partial charge in [-0.1, -0.05) is 27.5 Å². The van der Waals surface area contributed by atoms with Gasteiger partial charge in [-0.2, -0.15) is 0 Å². The molecule has 14 heavy (non-hydrogen) atoms. The van der Waals surface area contributed by atoms with Gasteiger partial charge in [-0.05, 0) is 31.0 Å². The van der Waals surface area contributed by atoms with Gasteiger partial charge in [0.15, 0.2) is 0 Å². The third kappa shape index (κ3) is 2.28. The van der Waals surface area contributed by atoms with Gasteiger partial charge in [0, 0.05) is 10.4 Å². The number of amidine groups is 1. The molecule has 1 fully saturated rings. The van der Waals surface area contributed by atoms with Crippen molar-refractivity contribution in [3.05, 3.63) is 27.7 Å². The smallest absolute Gasteiger partial charge is 0.103 e. The van der Waals surface area contributed by atoms with Crippen LogP contribution >= 0.6 is 27.5 Å². The number of halogens is 2. The first-order chi connectivity index (χ1) is 6.66. The van der Waals surface area contributed by atoms with Gasteiger partial charge in [0.1, 0.15) is 5.84 Å². The minimum Gasteiger partial charge on any atom is -0.387 e. The van der Waals surface area contributed by atoms with Crippen LogP contribution in [0.1, 0.15) is 12.8 Å². The van der Waals surface area contributed by atoms with Crippen molar-refractivity contribution < 1.29 is 0 Å². The largest absolute Gasteiger partial charge is 0.387 e. The lowest BCUT2D eigenvalue weighted by Crippen LogP contribution is -2.13. The maximum absolute atomic E-state index is 6.01. The first-order valence-electron chi connectivity index (χ1n) is 4.46. The molecule has 0 bridgehead atoms. The number of rotatable bonds is 2. The van der Waals surface area contributed by atoms with Gasteiger partial charge < -0.3 is 5.73 Å². The van der Waals surface area contributed by atoms with Crippen molar-refractivity contribution in [1.29, 1.82) is 0 Å². The molecular weight excluding hydrogens is 263 g/mol. The summed E-state index contributed by atoms with van der Waals surface area (Å²) in [5.41, 5.74) is 6.55. The van der Waals surface area contributed by atoms with E-state index in [0.717, 1.165) is 23.0 Å². The maximum Gasteiger partial charge on any atom is 0.103 e. The summed E-state index contributed by atoms with van der Waals surface area (Å²) in [5, 5.41) is 0.628. The van der Waals surface area contributed by atoms with E-state index in [1.165, 1.54) is 0 Å². The summed E-state index contributed by atoms with van der Waals surface area (Å²) in [4.78, 5) is 4.30. The average Bonchev–Trinajstić information content (AvgIpc) is 2.92. The molecule has 0 radical (unpaired) electrons. The second kappa shape index (κ2) is 3.91. The third-order valence-electron chi connectivity index (χ3n) is 2.15. The van der Waals surface area contributed by atoms with Crippen molar-refractivity contribution in [3.8, 4) is 0 Å². The van der Waals surface area contributed by atoms with E-state index in [1.807, 2.05) is 18.2 Å². The van der Waals surface area contributed by atoms with Gasteiger partial charge in [0.05, 0.1) is 10.7 Å². The number of hydrogen-bond acceptors (Lipinski definition) is 1. The van der Waals surface area contributed by atoms with Crippen LogP contribution < -0.4 is 5.73 Å². The Morgan fingerprint density at radius 1 is 1.50 bits per heavy atom. The SMILES string of the molecule is NC(=Nc1ccc(Br)cc1Cl)C1CC1. The average molecular weight is 274 g/mol. The molecule has 1 aliphatic carbocycles. The van der Waals surface area contributed by atoms with Gasteiger partial charge in [-0.15, -0.1) is 0 Å². The summed E-state index contributed by atoms with van der Waals surface area (Å²) < 4.78 is 0.950. The number of nitrogens with two attached hydrogens (primary N) is 1.